The molecule has 0 bridgehead atoms. The van der Waals surface area contributed by atoms with Gasteiger partial charge in [-0.1, -0.05) is 19.3 Å². The number of hydrogen-bond donors (Lipinski definition) is 0. The lowest BCUT2D eigenvalue weighted by molar-refractivity contribution is -0.147. The second-order valence-corrected chi connectivity index (χ2v) is 5.45. The van der Waals surface area contributed by atoms with E-state index in [0.29, 0.717) is 32.3 Å². The third-order valence-electron chi connectivity index (χ3n) is 3.68. The van der Waals surface area contributed by atoms with Gasteiger partial charge in [-0.3, -0.25) is 14.4 Å². The fourth-order valence-electron chi connectivity index (χ4n) is 2.39. The maximum absolute atomic E-state index is 11.8. The first-order chi connectivity index (χ1) is 11.0. The van der Waals surface area contributed by atoms with Gasteiger partial charge in [-0.25, -0.2) is 0 Å². The molecule has 0 spiro atoms. The maximum atomic E-state index is 11.8. The molecular formula is C17H30O6. The fraction of sp³-hybridized carbons (Fsp3) is 0.824. The first-order valence-electron chi connectivity index (χ1n) is 8.35. The lowest BCUT2D eigenvalue weighted by Gasteiger charge is -2.14. The van der Waals surface area contributed by atoms with Gasteiger partial charge in [0.1, 0.15) is 0 Å². The van der Waals surface area contributed by atoms with Crippen LogP contribution in [0.2, 0.25) is 0 Å². The molecule has 0 heterocycles. The molecule has 0 aromatic heterocycles. The van der Waals surface area contributed by atoms with Gasteiger partial charge in [-0.2, -0.15) is 0 Å². The van der Waals surface area contributed by atoms with Gasteiger partial charge < -0.3 is 14.2 Å². The molecule has 0 rings (SSSR count). The van der Waals surface area contributed by atoms with Crippen LogP contribution in [0.4, 0.5) is 0 Å². The van der Waals surface area contributed by atoms with Gasteiger partial charge in [-0.15, -0.1) is 0 Å². The lowest BCUT2D eigenvalue weighted by atomic mass is 9.95. The summed E-state index contributed by atoms with van der Waals surface area (Å²) in [6, 6.07) is 0. The van der Waals surface area contributed by atoms with Crippen molar-refractivity contribution in [2.75, 3.05) is 20.8 Å². The Balaban J connectivity index is 3.90. The van der Waals surface area contributed by atoms with Crippen LogP contribution >= 0.6 is 0 Å². The minimum absolute atomic E-state index is 0.171. The molecule has 1 unspecified atom stereocenters. The number of ether oxygens (including phenoxy) is 3. The Morgan fingerprint density at radius 1 is 0.783 bits per heavy atom. The first-order valence-corrected chi connectivity index (χ1v) is 8.35. The van der Waals surface area contributed by atoms with Gasteiger partial charge in [-0.05, 0) is 32.6 Å². The first kappa shape index (κ1) is 21.4. The number of carbonyl (C=O) groups is 3. The lowest BCUT2D eigenvalue weighted by Crippen LogP contribution is -2.17. The molecule has 0 aromatic carbocycles. The standard InChI is InChI=1S/C17H30O6/c1-4-23-16(19)13-9-11-14(17(20)22-3)10-7-5-6-8-12-15(18)21-2/h14H,4-13H2,1-3H3. The highest BCUT2D eigenvalue weighted by molar-refractivity contribution is 5.72. The van der Waals surface area contributed by atoms with Crippen LogP contribution < -0.4 is 0 Å². The summed E-state index contributed by atoms with van der Waals surface area (Å²) in [7, 11) is 2.77. The average molecular weight is 330 g/mol. The molecular weight excluding hydrogens is 300 g/mol. The Labute approximate surface area is 138 Å². The smallest absolute Gasteiger partial charge is 0.308 e. The quantitative estimate of drug-likeness (QED) is 0.293. The van der Waals surface area contributed by atoms with Crippen LogP contribution in [0.5, 0.6) is 0 Å². The molecule has 0 aliphatic heterocycles. The monoisotopic (exact) mass is 330 g/mol. The van der Waals surface area contributed by atoms with Crippen molar-refractivity contribution in [1.82, 2.24) is 0 Å². The summed E-state index contributed by atoms with van der Waals surface area (Å²) in [5.41, 5.74) is 0. The van der Waals surface area contributed by atoms with E-state index >= 15 is 0 Å². The minimum atomic E-state index is -0.223. The highest BCUT2D eigenvalue weighted by atomic mass is 16.5. The number of hydrogen-bond acceptors (Lipinski definition) is 6. The van der Waals surface area contributed by atoms with E-state index in [1.54, 1.807) is 6.92 Å². The third kappa shape index (κ3) is 11.6. The Morgan fingerprint density at radius 2 is 1.39 bits per heavy atom. The van der Waals surface area contributed by atoms with E-state index in [9.17, 15) is 14.4 Å². The second kappa shape index (κ2) is 14.0. The molecule has 6 heteroatoms. The normalized spacial score (nSPS) is 11.6. The van der Waals surface area contributed by atoms with Crippen LogP contribution in [0.1, 0.15) is 64.7 Å². The molecule has 0 saturated heterocycles. The van der Waals surface area contributed by atoms with Crippen LogP contribution in [0.15, 0.2) is 0 Å². The summed E-state index contributed by atoms with van der Waals surface area (Å²) in [4.78, 5) is 34.0. The minimum Gasteiger partial charge on any atom is -0.469 e. The van der Waals surface area contributed by atoms with Crippen molar-refractivity contribution in [1.29, 1.82) is 0 Å². The van der Waals surface area contributed by atoms with Crippen molar-refractivity contribution in [2.24, 2.45) is 5.92 Å². The number of carbonyl (C=O) groups excluding carboxylic acids is 3. The van der Waals surface area contributed by atoms with E-state index < -0.39 is 0 Å². The maximum Gasteiger partial charge on any atom is 0.308 e. The van der Waals surface area contributed by atoms with Crippen molar-refractivity contribution in [3.05, 3.63) is 0 Å². The molecule has 0 aliphatic rings. The molecule has 1 atom stereocenters. The van der Waals surface area contributed by atoms with E-state index in [0.717, 1.165) is 32.1 Å². The Bertz CT molecular complexity index is 353. The average Bonchev–Trinajstić information content (AvgIpc) is 2.55. The molecule has 0 amide bonds. The van der Waals surface area contributed by atoms with Crippen molar-refractivity contribution >= 4 is 17.9 Å². The van der Waals surface area contributed by atoms with Crippen molar-refractivity contribution in [3.63, 3.8) is 0 Å². The summed E-state index contributed by atoms with van der Waals surface area (Å²) in [6.45, 7) is 2.15. The Hall–Kier alpha value is -1.59. The summed E-state index contributed by atoms with van der Waals surface area (Å²) >= 11 is 0. The molecule has 0 aromatic rings. The molecule has 0 saturated carbocycles. The molecule has 0 radical (unpaired) electrons. The summed E-state index contributed by atoms with van der Waals surface area (Å²) in [6.07, 6.45) is 6.38. The number of methoxy groups -OCH3 is 2. The van der Waals surface area contributed by atoms with Crippen molar-refractivity contribution in [3.8, 4) is 0 Å². The van der Waals surface area contributed by atoms with E-state index in [1.165, 1.54) is 14.2 Å². The zero-order valence-electron chi connectivity index (χ0n) is 14.6. The highest BCUT2D eigenvalue weighted by Gasteiger charge is 2.19. The van der Waals surface area contributed by atoms with E-state index in [-0.39, 0.29) is 23.8 Å². The molecule has 0 aliphatic carbocycles. The molecule has 23 heavy (non-hydrogen) atoms. The van der Waals surface area contributed by atoms with Crippen LogP contribution in [-0.4, -0.2) is 38.7 Å². The van der Waals surface area contributed by atoms with Crippen LogP contribution in [-0.2, 0) is 28.6 Å². The van der Waals surface area contributed by atoms with Gasteiger partial charge in [0.15, 0.2) is 0 Å². The predicted octanol–water partition coefficient (Wildman–Crippen LogP) is 3.02. The van der Waals surface area contributed by atoms with Crippen molar-refractivity contribution in [2.45, 2.75) is 64.7 Å². The number of rotatable bonds is 13. The van der Waals surface area contributed by atoms with E-state index in [4.69, 9.17) is 9.47 Å². The summed E-state index contributed by atoms with van der Waals surface area (Å²) in [5.74, 6) is -0.797. The van der Waals surface area contributed by atoms with Gasteiger partial charge >= 0.3 is 17.9 Å². The van der Waals surface area contributed by atoms with E-state index in [1.807, 2.05) is 0 Å². The SMILES string of the molecule is CCOC(=O)CCCC(CCCCCCC(=O)OC)C(=O)OC. The van der Waals surface area contributed by atoms with Crippen LogP contribution in [0.25, 0.3) is 0 Å². The topological polar surface area (TPSA) is 78.9 Å². The highest BCUT2D eigenvalue weighted by Crippen LogP contribution is 2.19. The van der Waals surface area contributed by atoms with Gasteiger partial charge in [0.2, 0.25) is 0 Å². The zero-order valence-corrected chi connectivity index (χ0v) is 14.6. The largest absolute Gasteiger partial charge is 0.469 e. The third-order valence-corrected chi connectivity index (χ3v) is 3.68. The molecule has 0 fully saturated rings. The molecule has 6 nitrogen and oxygen atoms in total. The number of esters is 3. The second-order valence-electron chi connectivity index (χ2n) is 5.45. The fourth-order valence-corrected chi connectivity index (χ4v) is 2.39. The molecule has 134 valence electrons. The zero-order chi connectivity index (χ0) is 17.5. The Morgan fingerprint density at radius 3 is 2.00 bits per heavy atom. The van der Waals surface area contributed by atoms with Crippen LogP contribution in [0, 0.1) is 5.92 Å². The van der Waals surface area contributed by atoms with Gasteiger partial charge in [0.05, 0.1) is 26.7 Å². The summed E-state index contributed by atoms with van der Waals surface area (Å²) < 4.78 is 14.3. The summed E-state index contributed by atoms with van der Waals surface area (Å²) in [5, 5.41) is 0. The predicted molar refractivity (Wildman–Crippen MR) is 85.7 cm³/mol. The number of unbranched alkanes of at least 4 members (excludes halogenated alkanes) is 3. The van der Waals surface area contributed by atoms with Crippen molar-refractivity contribution < 1.29 is 28.6 Å². The Kier molecular flexibility index (Phi) is 13.1. The van der Waals surface area contributed by atoms with Gasteiger partial charge in [0.25, 0.3) is 0 Å². The van der Waals surface area contributed by atoms with Crippen LogP contribution in [0.3, 0.4) is 0 Å². The van der Waals surface area contributed by atoms with E-state index in [2.05, 4.69) is 4.74 Å². The van der Waals surface area contributed by atoms with Gasteiger partial charge in [0, 0.05) is 12.8 Å². The molecule has 0 N–H and O–H groups in total.